The summed E-state index contributed by atoms with van der Waals surface area (Å²) in [6, 6.07) is 8.27. The van der Waals surface area contributed by atoms with E-state index in [0.717, 1.165) is 25.2 Å². The van der Waals surface area contributed by atoms with Crippen LogP contribution < -0.4 is 10.6 Å². The molecule has 3 nitrogen and oxygen atoms in total. The van der Waals surface area contributed by atoms with E-state index in [4.69, 9.17) is 0 Å². The molecular formula is C19H30N2OS. The number of benzene rings is 1. The van der Waals surface area contributed by atoms with Gasteiger partial charge in [-0.3, -0.25) is 4.79 Å². The standard InChI is InChI=1S/C19H30N2OS/c1-5-11-19(3,4)23-16-8-6-15(7-9-16)21-18(22)17-10-12-20-13-14(17)2/h6-9,14,17,20H,5,10-13H2,1-4H3,(H,21,22). The molecule has 1 aliphatic heterocycles. The molecular weight excluding hydrogens is 304 g/mol. The van der Waals surface area contributed by atoms with Crippen LogP contribution in [0.2, 0.25) is 0 Å². The Hall–Kier alpha value is -1.00. The molecule has 2 N–H and O–H groups in total. The topological polar surface area (TPSA) is 41.1 Å². The predicted octanol–water partition coefficient (Wildman–Crippen LogP) is 4.54. The van der Waals surface area contributed by atoms with Crippen LogP contribution in [0.3, 0.4) is 0 Å². The van der Waals surface area contributed by atoms with E-state index in [1.165, 1.54) is 17.7 Å². The van der Waals surface area contributed by atoms with Gasteiger partial charge in [-0.1, -0.05) is 34.1 Å². The maximum atomic E-state index is 12.4. The van der Waals surface area contributed by atoms with Crippen molar-refractivity contribution in [1.82, 2.24) is 5.32 Å². The van der Waals surface area contributed by atoms with Crippen LogP contribution in [0.4, 0.5) is 5.69 Å². The van der Waals surface area contributed by atoms with E-state index in [2.05, 4.69) is 50.5 Å². The summed E-state index contributed by atoms with van der Waals surface area (Å²) < 4.78 is 0.254. The number of carbonyl (C=O) groups is 1. The van der Waals surface area contributed by atoms with Crippen molar-refractivity contribution in [3.05, 3.63) is 24.3 Å². The Bertz CT molecular complexity index is 513. The molecule has 0 radical (unpaired) electrons. The summed E-state index contributed by atoms with van der Waals surface area (Å²) >= 11 is 1.91. The van der Waals surface area contributed by atoms with Gasteiger partial charge in [-0.2, -0.15) is 0 Å². The Morgan fingerprint density at radius 2 is 2.04 bits per heavy atom. The van der Waals surface area contributed by atoms with Crippen LogP contribution in [-0.4, -0.2) is 23.7 Å². The van der Waals surface area contributed by atoms with E-state index in [0.29, 0.717) is 5.92 Å². The fourth-order valence-corrected chi connectivity index (χ4v) is 4.43. The second kappa shape index (κ2) is 8.20. The van der Waals surface area contributed by atoms with Crippen molar-refractivity contribution in [3.8, 4) is 0 Å². The summed E-state index contributed by atoms with van der Waals surface area (Å²) in [5.41, 5.74) is 0.901. The zero-order chi connectivity index (χ0) is 16.9. The lowest BCUT2D eigenvalue weighted by Gasteiger charge is -2.28. The summed E-state index contributed by atoms with van der Waals surface area (Å²) in [6.45, 7) is 10.8. The molecule has 1 aromatic carbocycles. The lowest BCUT2D eigenvalue weighted by atomic mass is 9.87. The van der Waals surface area contributed by atoms with Crippen molar-refractivity contribution >= 4 is 23.4 Å². The molecule has 1 saturated heterocycles. The summed E-state index contributed by atoms with van der Waals surface area (Å²) in [6.07, 6.45) is 3.32. The van der Waals surface area contributed by atoms with Crippen molar-refractivity contribution in [2.45, 2.75) is 56.6 Å². The molecule has 1 aromatic rings. The van der Waals surface area contributed by atoms with E-state index < -0.39 is 0 Å². The summed E-state index contributed by atoms with van der Waals surface area (Å²) in [7, 11) is 0. The smallest absolute Gasteiger partial charge is 0.227 e. The lowest BCUT2D eigenvalue weighted by Crippen LogP contribution is -2.40. The first-order valence-electron chi connectivity index (χ1n) is 8.72. The first-order chi connectivity index (χ1) is 10.9. The van der Waals surface area contributed by atoms with Gasteiger partial charge in [0.15, 0.2) is 0 Å². The molecule has 2 rings (SSSR count). The number of hydrogen-bond acceptors (Lipinski definition) is 3. The summed E-state index contributed by atoms with van der Waals surface area (Å²) in [4.78, 5) is 13.7. The normalized spacial score (nSPS) is 21.9. The monoisotopic (exact) mass is 334 g/mol. The third-order valence-corrected chi connectivity index (χ3v) is 5.75. The highest BCUT2D eigenvalue weighted by molar-refractivity contribution is 8.00. The van der Waals surface area contributed by atoms with Crippen molar-refractivity contribution < 1.29 is 4.79 Å². The molecule has 2 atom stereocenters. The Morgan fingerprint density at radius 3 is 2.65 bits per heavy atom. The number of nitrogens with one attached hydrogen (secondary N) is 2. The number of amides is 1. The number of carbonyl (C=O) groups excluding carboxylic acids is 1. The number of piperidine rings is 1. The predicted molar refractivity (Wildman–Crippen MR) is 100 cm³/mol. The zero-order valence-electron chi connectivity index (χ0n) is 14.8. The van der Waals surface area contributed by atoms with E-state index >= 15 is 0 Å². The molecule has 0 spiro atoms. The molecule has 1 fully saturated rings. The third-order valence-electron chi connectivity index (χ3n) is 4.49. The van der Waals surface area contributed by atoms with E-state index in [9.17, 15) is 4.79 Å². The maximum Gasteiger partial charge on any atom is 0.227 e. The van der Waals surface area contributed by atoms with Gasteiger partial charge in [0.25, 0.3) is 0 Å². The van der Waals surface area contributed by atoms with Crippen LogP contribution in [0.1, 0.15) is 47.0 Å². The van der Waals surface area contributed by atoms with Crippen molar-refractivity contribution in [3.63, 3.8) is 0 Å². The third kappa shape index (κ3) is 5.54. The lowest BCUT2D eigenvalue weighted by molar-refractivity contribution is -0.122. The van der Waals surface area contributed by atoms with E-state index in [-0.39, 0.29) is 16.6 Å². The second-order valence-corrected chi connectivity index (χ2v) is 8.98. The Labute approximate surface area is 145 Å². The van der Waals surface area contributed by atoms with Gasteiger partial charge in [0.2, 0.25) is 5.91 Å². The van der Waals surface area contributed by atoms with Gasteiger partial charge in [-0.05, 0) is 56.1 Å². The average Bonchev–Trinajstić information content (AvgIpc) is 2.49. The molecule has 23 heavy (non-hydrogen) atoms. The van der Waals surface area contributed by atoms with Gasteiger partial charge in [-0.15, -0.1) is 11.8 Å². The van der Waals surface area contributed by atoms with Crippen LogP contribution in [0.5, 0.6) is 0 Å². The van der Waals surface area contributed by atoms with Gasteiger partial charge in [0, 0.05) is 21.2 Å². The second-order valence-electron chi connectivity index (χ2n) is 7.20. The largest absolute Gasteiger partial charge is 0.326 e. The minimum Gasteiger partial charge on any atom is -0.326 e. The van der Waals surface area contributed by atoms with Crippen LogP contribution in [0.25, 0.3) is 0 Å². The maximum absolute atomic E-state index is 12.4. The molecule has 128 valence electrons. The Kier molecular flexibility index (Phi) is 6.54. The Morgan fingerprint density at radius 1 is 1.35 bits per heavy atom. The van der Waals surface area contributed by atoms with Gasteiger partial charge < -0.3 is 10.6 Å². The minimum absolute atomic E-state index is 0.119. The first kappa shape index (κ1) is 18.3. The molecule has 1 aliphatic rings. The van der Waals surface area contributed by atoms with Gasteiger partial charge in [-0.25, -0.2) is 0 Å². The molecule has 0 aromatic heterocycles. The average molecular weight is 335 g/mol. The number of anilines is 1. The Balaban J connectivity index is 1.93. The fraction of sp³-hybridized carbons (Fsp3) is 0.632. The zero-order valence-corrected chi connectivity index (χ0v) is 15.6. The number of rotatable bonds is 6. The van der Waals surface area contributed by atoms with Gasteiger partial charge in [0.05, 0.1) is 0 Å². The van der Waals surface area contributed by atoms with Crippen LogP contribution in [0, 0.1) is 11.8 Å². The highest BCUT2D eigenvalue weighted by Crippen LogP contribution is 2.36. The van der Waals surface area contributed by atoms with Crippen LogP contribution >= 0.6 is 11.8 Å². The van der Waals surface area contributed by atoms with Gasteiger partial charge in [0.1, 0.15) is 0 Å². The molecule has 1 heterocycles. The number of hydrogen-bond donors (Lipinski definition) is 2. The number of thioether (sulfide) groups is 1. The van der Waals surface area contributed by atoms with Crippen molar-refractivity contribution in [2.24, 2.45) is 11.8 Å². The molecule has 4 heteroatoms. The van der Waals surface area contributed by atoms with Crippen molar-refractivity contribution in [2.75, 3.05) is 18.4 Å². The molecule has 0 bridgehead atoms. The summed E-state index contributed by atoms with van der Waals surface area (Å²) in [5.74, 6) is 0.674. The van der Waals surface area contributed by atoms with E-state index in [1.54, 1.807) is 0 Å². The van der Waals surface area contributed by atoms with Crippen molar-refractivity contribution in [1.29, 1.82) is 0 Å². The molecule has 0 saturated carbocycles. The highest BCUT2D eigenvalue weighted by atomic mass is 32.2. The fourth-order valence-electron chi connectivity index (χ4n) is 3.22. The summed E-state index contributed by atoms with van der Waals surface area (Å²) in [5, 5.41) is 6.42. The molecule has 0 aliphatic carbocycles. The molecule has 2 unspecified atom stereocenters. The molecule has 1 amide bonds. The van der Waals surface area contributed by atoms with Gasteiger partial charge >= 0.3 is 0 Å². The van der Waals surface area contributed by atoms with Crippen LogP contribution in [-0.2, 0) is 4.79 Å². The highest BCUT2D eigenvalue weighted by Gasteiger charge is 2.27. The first-order valence-corrected chi connectivity index (χ1v) is 9.53. The minimum atomic E-state index is 0.119. The van der Waals surface area contributed by atoms with E-state index in [1.807, 2.05) is 23.9 Å². The van der Waals surface area contributed by atoms with Crippen LogP contribution in [0.15, 0.2) is 29.2 Å². The SMILES string of the molecule is CCCC(C)(C)Sc1ccc(NC(=O)C2CCNCC2C)cc1. The quantitative estimate of drug-likeness (QED) is 0.750.